The molecule has 2 fully saturated rings. The van der Waals surface area contributed by atoms with Crippen molar-refractivity contribution in [2.45, 2.75) is 62.9 Å². The van der Waals surface area contributed by atoms with Gasteiger partial charge in [-0.25, -0.2) is 4.98 Å². The maximum atomic E-state index is 5.09. The number of likely N-dealkylation sites (tertiary alicyclic amines) is 1. The van der Waals surface area contributed by atoms with E-state index in [4.69, 9.17) is 4.98 Å². The number of imidazole rings is 1. The standard InChI is InChI=1S/C31H35N3/c1-2-12-22-31(21-11-1,26-15-7-4-8-16-26)33-23-19-27(20-24-33)34-29-18-10-9-17-28(29)32-30(34)25-13-5-3-6-14-25/h3-10,13-18,27H,1-2,11-12,19-24H2. The minimum atomic E-state index is 0.210. The van der Waals surface area contributed by atoms with Gasteiger partial charge in [0.05, 0.1) is 11.0 Å². The molecule has 1 saturated heterocycles. The van der Waals surface area contributed by atoms with Crippen LogP contribution in [0.25, 0.3) is 22.4 Å². The Balaban J connectivity index is 1.32. The van der Waals surface area contributed by atoms with Gasteiger partial charge in [-0.3, -0.25) is 4.90 Å². The molecule has 0 radical (unpaired) electrons. The quantitative estimate of drug-likeness (QED) is 0.299. The van der Waals surface area contributed by atoms with E-state index in [1.165, 1.54) is 68.0 Å². The lowest BCUT2D eigenvalue weighted by Crippen LogP contribution is -2.50. The fourth-order valence-electron chi connectivity index (χ4n) is 6.61. The van der Waals surface area contributed by atoms with Crippen LogP contribution in [-0.4, -0.2) is 27.5 Å². The summed E-state index contributed by atoms with van der Waals surface area (Å²) in [5, 5.41) is 0. The van der Waals surface area contributed by atoms with Crippen molar-refractivity contribution in [3.8, 4) is 11.4 Å². The van der Waals surface area contributed by atoms with E-state index in [2.05, 4.69) is 94.4 Å². The van der Waals surface area contributed by atoms with Crippen LogP contribution in [0.15, 0.2) is 84.9 Å². The maximum absolute atomic E-state index is 5.09. The molecule has 0 bridgehead atoms. The summed E-state index contributed by atoms with van der Waals surface area (Å²) in [6.45, 7) is 2.31. The highest BCUT2D eigenvalue weighted by atomic mass is 15.2. The highest BCUT2D eigenvalue weighted by Crippen LogP contribution is 2.44. The van der Waals surface area contributed by atoms with Crippen LogP contribution in [0.4, 0.5) is 0 Å². The molecule has 2 heterocycles. The van der Waals surface area contributed by atoms with Crippen molar-refractivity contribution in [1.29, 1.82) is 0 Å². The molecule has 6 rings (SSSR count). The Morgan fingerprint density at radius 3 is 2.00 bits per heavy atom. The van der Waals surface area contributed by atoms with Gasteiger partial charge in [0, 0.05) is 30.2 Å². The number of fused-ring (bicyclic) bond motifs is 1. The zero-order chi connectivity index (χ0) is 22.8. The molecule has 4 aromatic rings. The van der Waals surface area contributed by atoms with Gasteiger partial charge in [-0.2, -0.15) is 0 Å². The van der Waals surface area contributed by atoms with Crippen LogP contribution < -0.4 is 0 Å². The first-order chi connectivity index (χ1) is 16.9. The molecule has 0 amide bonds. The van der Waals surface area contributed by atoms with Crippen LogP contribution in [0.2, 0.25) is 0 Å². The van der Waals surface area contributed by atoms with Crippen LogP contribution in [-0.2, 0) is 5.54 Å². The van der Waals surface area contributed by atoms with Crippen molar-refractivity contribution in [2.24, 2.45) is 0 Å². The lowest BCUT2D eigenvalue weighted by atomic mass is 9.79. The van der Waals surface area contributed by atoms with Gasteiger partial charge in [0.1, 0.15) is 5.82 Å². The topological polar surface area (TPSA) is 21.1 Å². The van der Waals surface area contributed by atoms with E-state index in [1.54, 1.807) is 0 Å². The van der Waals surface area contributed by atoms with Crippen molar-refractivity contribution in [3.05, 3.63) is 90.5 Å². The monoisotopic (exact) mass is 449 g/mol. The summed E-state index contributed by atoms with van der Waals surface area (Å²) >= 11 is 0. The minimum absolute atomic E-state index is 0.210. The minimum Gasteiger partial charge on any atom is -0.321 e. The van der Waals surface area contributed by atoms with Crippen molar-refractivity contribution < 1.29 is 0 Å². The Hall–Kier alpha value is -2.91. The average molecular weight is 450 g/mol. The zero-order valence-electron chi connectivity index (χ0n) is 20.1. The second-order valence-electron chi connectivity index (χ2n) is 10.2. The first-order valence-corrected chi connectivity index (χ1v) is 13.2. The third kappa shape index (κ3) is 3.86. The third-order valence-corrected chi connectivity index (χ3v) is 8.30. The molecule has 1 saturated carbocycles. The van der Waals surface area contributed by atoms with Crippen LogP contribution in [0.3, 0.4) is 0 Å². The summed E-state index contributed by atoms with van der Waals surface area (Å²) in [6, 6.07) is 31.3. The highest BCUT2D eigenvalue weighted by molar-refractivity contribution is 5.80. The second-order valence-corrected chi connectivity index (χ2v) is 10.2. The molecule has 2 aliphatic rings. The fraction of sp³-hybridized carbons (Fsp3) is 0.387. The molecule has 1 aliphatic carbocycles. The Labute approximate surface area is 203 Å². The van der Waals surface area contributed by atoms with Crippen LogP contribution >= 0.6 is 0 Å². The lowest BCUT2D eigenvalue weighted by Gasteiger charge is -2.48. The van der Waals surface area contributed by atoms with Crippen LogP contribution in [0.5, 0.6) is 0 Å². The summed E-state index contributed by atoms with van der Waals surface area (Å²) in [5.74, 6) is 1.12. The van der Waals surface area contributed by atoms with Crippen molar-refractivity contribution in [1.82, 2.24) is 14.5 Å². The lowest BCUT2D eigenvalue weighted by molar-refractivity contribution is 0.0361. The summed E-state index contributed by atoms with van der Waals surface area (Å²) in [6.07, 6.45) is 10.4. The number of rotatable bonds is 4. The number of hydrogen-bond acceptors (Lipinski definition) is 2. The van der Waals surface area contributed by atoms with E-state index < -0.39 is 0 Å². The molecule has 0 spiro atoms. The second kappa shape index (κ2) is 9.38. The van der Waals surface area contributed by atoms with E-state index in [0.29, 0.717) is 6.04 Å². The van der Waals surface area contributed by atoms with E-state index in [-0.39, 0.29) is 5.54 Å². The normalized spacial score (nSPS) is 19.8. The molecular formula is C31H35N3. The van der Waals surface area contributed by atoms with Gasteiger partial charge in [-0.05, 0) is 43.4 Å². The third-order valence-electron chi connectivity index (χ3n) is 8.30. The molecule has 174 valence electrons. The average Bonchev–Trinajstić information content (AvgIpc) is 3.12. The molecule has 3 aromatic carbocycles. The summed E-state index contributed by atoms with van der Waals surface area (Å²) in [7, 11) is 0. The van der Waals surface area contributed by atoms with E-state index >= 15 is 0 Å². The van der Waals surface area contributed by atoms with E-state index in [0.717, 1.165) is 24.4 Å². The molecule has 1 aromatic heterocycles. The molecule has 1 aliphatic heterocycles. The molecule has 0 unspecified atom stereocenters. The summed E-state index contributed by atoms with van der Waals surface area (Å²) in [4.78, 5) is 7.94. The van der Waals surface area contributed by atoms with Gasteiger partial charge in [0.15, 0.2) is 0 Å². The van der Waals surface area contributed by atoms with E-state index in [9.17, 15) is 0 Å². The largest absolute Gasteiger partial charge is 0.321 e. The number of benzene rings is 3. The highest BCUT2D eigenvalue weighted by Gasteiger charge is 2.40. The first kappa shape index (κ1) is 21.6. The van der Waals surface area contributed by atoms with Gasteiger partial charge in [-0.1, -0.05) is 98.5 Å². The van der Waals surface area contributed by atoms with Crippen LogP contribution in [0, 0.1) is 0 Å². The molecule has 34 heavy (non-hydrogen) atoms. The number of piperidine rings is 1. The number of aromatic nitrogens is 2. The van der Waals surface area contributed by atoms with Gasteiger partial charge in [0.25, 0.3) is 0 Å². The molecule has 3 heteroatoms. The summed E-state index contributed by atoms with van der Waals surface area (Å²) < 4.78 is 2.55. The Morgan fingerprint density at radius 2 is 1.29 bits per heavy atom. The number of nitrogens with zero attached hydrogens (tertiary/aromatic N) is 3. The van der Waals surface area contributed by atoms with Gasteiger partial charge >= 0.3 is 0 Å². The van der Waals surface area contributed by atoms with Gasteiger partial charge < -0.3 is 4.57 Å². The van der Waals surface area contributed by atoms with Gasteiger partial charge in [0.2, 0.25) is 0 Å². The molecular weight excluding hydrogens is 414 g/mol. The molecule has 0 N–H and O–H groups in total. The van der Waals surface area contributed by atoms with Crippen LogP contribution in [0.1, 0.15) is 63.0 Å². The maximum Gasteiger partial charge on any atom is 0.141 e. The Bertz CT molecular complexity index is 1210. The predicted octanol–water partition coefficient (Wildman–Crippen LogP) is 7.59. The smallest absolute Gasteiger partial charge is 0.141 e. The van der Waals surface area contributed by atoms with Gasteiger partial charge in [-0.15, -0.1) is 0 Å². The molecule has 3 nitrogen and oxygen atoms in total. The summed E-state index contributed by atoms with van der Waals surface area (Å²) in [5.41, 5.74) is 5.33. The predicted molar refractivity (Wildman–Crippen MR) is 141 cm³/mol. The fourth-order valence-corrected chi connectivity index (χ4v) is 6.61. The van der Waals surface area contributed by atoms with Crippen molar-refractivity contribution in [2.75, 3.05) is 13.1 Å². The molecule has 0 atom stereocenters. The zero-order valence-corrected chi connectivity index (χ0v) is 20.1. The first-order valence-electron chi connectivity index (χ1n) is 13.2. The number of hydrogen-bond donors (Lipinski definition) is 0. The number of para-hydroxylation sites is 2. The Morgan fingerprint density at radius 1 is 0.676 bits per heavy atom. The SMILES string of the molecule is c1ccc(-c2nc3ccccc3n2C2CCN(C3(c4ccccc4)CCCCCC3)CC2)cc1. The van der Waals surface area contributed by atoms with Crippen molar-refractivity contribution >= 4 is 11.0 Å². The van der Waals surface area contributed by atoms with E-state index in [1.807, 2.05) is 0 Å². The van der Waals surface area contributed by atoms with Crippen molar-refractivity contribution in [3.63, 3.8) is 0 Å². The Kier molecular flexibility index (Phi) is 5.97.